The van der Waals surface area contributed by atoms with E-state index in [-0.39, 0.29) is 11.9 Å². The second kappa shape index (κ2) is 6.46. The van der Waals surface area contributed by atoms with Crippen molar-refractivity contribution in [2.24, 2.45) is 0 Å². The molecule has 1 atom stereocenters. The van der Waals surface area contributed by atoms with Crippen LogP contribution < -0.4 is 0 Å². The van der Waals surface area contributed by atoms with Gasteiger partial charge in [-0.1, -0.05) is 0 Å². The lowest BCUT2D eigenvalue weighted by Gasteiger charge is -2.25. The molecule has 4 rings (SSSR count). The predicted molar refractivity (Wildman–Crippen MR) is 90.2 cm³/mol. The summed E-state index contributed by atoms with van der Waals surface area (Å²) in [6, 6.07) is 7.73. The van der Waals surface area contributed by atoms with E-state index in [1.165, 1.54) is 0 Å². The fourth-order valence-corrected chi connectivity index (χ4v) is 3.40. The lowest BCUT2D eigenvalue weighted by Crippen LogP contribution is -2.38. The topological polar surface area (TPSA) is 81.7 Å². The van der Waals surface area contributed by atoms with Crippen LogP contribution >= 0.6 is 0 Å². The molecule has 1 aromatic carbocycles. The van der Waals surface area contributed by atoms with Gasteiger partial charge in [0, 0.05) is 24.5 Å². The van der Waals surface area contributed by atoms with Crippen LogP contribution in [0.1, 0.15) is 28.8 Å². The molecule has 0 aliphatic carbocycles. The lowest BCUT2D eigenvalue weighted by atomic mass is 10.1. The number of rotatable bonds is 4. The Morgan fingerprint density at radius 1 is 1.36 bits per heavy atom. The molecule has 128 valence electrons. The van der Waals surface area contributed by atoms with Gasteiger partial charge in [0.15, 0.2) is 0 Å². The molecule has 0 spiro atoms. The van der Waals surface area contributed by atoms with Crippen molar-refractivity contribution in [2.45, 2.75) is 32.4 Å². The van der Waals surface area contributed by atoms with Crippen molar-refractivity contribution < 1.29 is 4.79 Å². The summed E-state index contributed by atoms with van der Waals surface area (Å²) in [6.45, 7) is 3.48. The third kappa shape index (κ3) is 3.02. The summed E-state index contributed by atoms with van der Waals surface area (Å²) in [4.78, 5) is 15.0. The molecule has 0 bridgehead atoms. The second-order valence-corrected chi connectivity index (χ2v) is 6.28. The average molecular weight is 337 g/mol. The van der Waals surface area contributed by atoms with Crippen molar-refractivity contribution in [3.63, 3.8) is 0 Å². The molecule has 0 unspecified atom stereocenters. The summed E-state index contributed by atoms with van der Waals surface area (Å²) in [5, 5.41) is 15.5. The van der Waals surface area contributed by atoms with Gasteiger partial charge >= 0.3 is 0 Å². The number of hydrogen-bond donors (Lipinski definition) is 0. The zero-order valence-electron chi connectivity index (χ0n) is 14.0. The van der Waals surface area contributed by atoms with E-state index >= 15 is 0 Å². The summed E-state index contributed by atoms with van der Waals surface area (Å²) in [6.07, 6.45) is 7.28. The Balaban J connectivity index is 1.54. The second-order valence-electron chi connectivity index (χ2n) is 6.28. The molecule has 8 nitrogen and oxygen atoms in total. The van der Waals surface area contributed by atoms with Gasteiger partial charge in [-0.05, 0) is 60.0 Å². The van der Waals surface area contributed by atoms with Gasteiger partial charge in [-0.3, -0.25) is 9.48 Å². The number of aryl methyl sites for hydroxylation is 1. The van der Waals surface area contributed by atoms with Crippen LogP contribution in [0.15, 0.2) is 43.0 Å². The number of benzene rings is 1. The fourth-order valence-electron chi connectivity index (χ4n) is 3.40. The Morgan fingerprint density at radius 3 is 3.00 bits per heavy atom. The maximum absolute atomic E-state index is 13.0. The molecule has 1 amide bonds. The molecule has 1 aliphatic rings. The SMILES string of the molecule is Cc1cc(C(=O)N2CCC[C@H]2Cn2cccn2)ccc1-n1cnnn1. The summed E-state index contributed by atoms with van der Waals surface area (Å²) in [7, 11) is 0. The van der Waals surface area contributed by atoms with E-state index in [9.17, 15) is 4.79 Å². The summed E-state index contributed by atoms with van der Waals surface area (Å²) >= 11 is 0. The van der Waals surface area contributed by atoms with Crippen LogP contribution in [0, 0.1) is 6.92 Å². The molecule has 1 aliphatic heterocycles. The van der Waals surface area contributed by atoms with Crippen molar-refractivity contribution in [3.05, 3.63) is 54.1 Å². The minimum Gasteiger partial charge on any atom is -0.334 e. The number of amides is 1. The number of likely N-dealkylation sites (tertiary alicyclic amines) is 1. The molecular formula is C17H19N7O. The quantitative estimate of drug-likeness (QED) is 0.720. The van der Waals surface area contributed by atoms with E-state index in [4.69, 9.17) is 0 Å². The van der Waals surface area contributed by atoms with E-state index in [0.717, 1.165) is 37.2 Å². The number of carbonyl (C=O) groups excluding carboxylic acids is 1. The molecule has 2 aromatic heterocycles. The van der Waals surface area contributed by atoms with Crippen molar-refractivity contribution in [1.29, 1.82) is 0 Å². The average Bonchev–Trinajstić information content (AvgIpc) is 3.37. The summed E-state index contributed by atoms with van der Waals surface area (Å²) in [5.41, 5.74) is 2.53. The molecule has 8 heteroatoms. The van der Waals surface area contributed by atoms with Gasteiger partial charge in [0.1, 0.15) is 6.33 Å². The molecule has 0 N–H and O–H groups in total. The molecule has 25 heavy (non-hydrogen) atoms. The monoisotopic (exact) mass is 337 g/mol. The minimum absolute atomic E-state index is 0.0704. The number of aromatic nitrogens is 6. The highest BCUT2D eigenvalue weighted by Crippen LogP contribution is 2.23. The highest BCUT2D eigenvalue weighted by molar-refractivity contribution is 5.95. The van der Waals surface area contributed by atoms with Gasteiger partial charge in [0.05, 0.1) is 18.3 Å². The first-order valence-electron chi connectivity index (χ1n) is 8.35. The molecule has 0 radical (unpaired) electrons. The van der Waals surface area contributed by atoms with E-state index in [1.54, 1.807) is 17.2 Å². The molecule has 1 saturated heterocycles. The number of nitrogens with zero attached hydrogens (tertiary/aromatic N) is 7. The first kappa shape index (κ1) is 15.5. The van der Waals surface area contributed by atoms with E-state index in [2.05, 4.69) is 20.6 Å². The molecule has 0 saturated carbocycles. The third-order valence-corrected chi connectivity index (χ3v) is 4.63. The zero-order valence-corrected chi connectivity index (χ0v) is 14.0. The van der Waals surface area contributed by atoms with Crippen LogP contribution in [0.2, 0.25) is 0 Å². The first-order valence-corrected chi connectivity index (χ1v) is 8.35. The molecule has 3 aromatic rings. The highest BCUT2D eigenvalue weighted by Gasteiger charge is 2.30. The lowest BCUT2D eigenvalue weighted by molar-refractivity contribution is 0.0721. The van der Waals surface area contributed by atoms with Crippen LogP contribution in [0.3, 0.4) is 0 Å². The van der Waals surface area contributed by atoms with Gasteiger partial charge in [-0.15, -0.1) is 5.10 Å². The van der Waals surface area contributed by atoms with Gasteiger partial charge in [0.25, 0.3) is 5.91 Å². The smallest absolute Gasteiger partial charge is 0.254 e. The Hall–Kier alpha value is -3.03. The van der Waals surface area contributed by atoms with Gasteiger partial charge in [-0.2, -0.15) is 5.10 Å². The van der Waals surface area contributed by atoms with Crippen molar-refractivity contribution in [1.82, 2.24) is 34.9 Å². The number of tetrazole rings is 1. The first-order chi connectivity index (χ1) is 12.2. The Morgan fingerprint density at radius 2 is 2.28 bits per heavy atom. The standard InChI is InChI=1S/C17H19N7O/c1-13-10-14(5-6-16(13)24-12-18-20-21-24)17(25)23-9-2-4-15(23)11-22-8-3-7-19-22/h3,5-8,10,12,15H,2,4,9,11H2,1H3/t15-/m0/s1. The van der Waals surface area contributed by atoms with E-state index < -0.39 is 0 Å². The summed E-state index contributed by atoms with van der Waals surface area (Å²) < 4.78 is 3.49. The van der Waals surface area contributed by atoms with Crippen LogP contribution in [0.25, 0.3) is 5.69 Å². The van der Waals surface area contributed by atoms with Crippen LogP contribution in [0.5, 0.6) is 0 Å². The van der Waals surface area contributed by atoms with Crippen molar-refractivity contribution >= 4 is 5.91 Å². The predicted octanol–water partition coefficient (Wildman–Crippen LogP) is 1.47. The molecule has 1 fully saturated rings. The van der Waals surface area contributed by atoms with Gasteiger partial charge in [0.2, 0.25) is 0 Å². The highest BCUT2D eigenvalue weighted by atomic mass is 16.2. The minimum atomic E-state index is 0.0704. The molecule has 3 heterocycles. The zero-order chi connectivity index (χ0) is 17.2. The van der Waals surface area contributed by atoms with Crippen LogP contribution in [0.4, 0.5) is 0 Å². The fraction of sp³-hybridized carbons (Fsp3) is 0.353. The van der Waals surface area contributed by atoms with Crippen LogP contribution in [-0.4, -0.2) is 53.4 Å². The number of carbonyl (C=O) groups is 1. The largest absolute Gasteiger partial charge is 0.334 e. The third-order valence-electron chi connectivity index (χ3n) is 4.63. The maximum Gasteiger partial charge on any atom is 0.254 e. The Labute approximate surface area is 145 Å². The van der Waals surface area contributed by atoms with Crippen molar-refractivity contribution in [3.8, 4) is 5.69 Å². The van der Waals surface area contributed by atoms with Crippen molar-refractivity contribution in [2.75, 3.05) is 6.54 Å². The van der Waals surface area contributed by atoms with Gasteiger partial charge < -0.3 is 4.90 Å². The van der Waals surface area contributed by atoms with Gasteiger partial charge in [-0.25, -0.2) is 4.68 Å². The summed E-state index contributed by atoms with van der Waals surface area (Å²) in [5.74, 6) is 0.0704. The Bertz CT molecular complexity index is 857. The van der Waals surface area contributed by atoms with Crippen LogP contribution in [-0.2, 0) is 6.54 Å². The number of hydrogen-bond acceptors (Lipinski definition) is 5. The normalized spacial score (nSPS) is 17.2. The van der Waals surface area contributed by atoms with E-state index in [0.29, 0.717) is 5.56 Å². The van der Waals surface area contributed by atoms with E-state index in [1.807, 2.05) is 47.0 Å². The Kier molecular flexibility index (Phi) is 4.01. The maximum atomic E-state index is 13.0. The molecular weight excluding hydrogens is 318 g/mol.